The van der Waals surface area contributed by atoms with Crippen LogP contribution in [0.4, 0.5) is 0 Å². The van der Waals surface area contributed by atoms with Gasteiger partial charge >= 0.3 is 5.97 Å². The van der Waals surface area contributed by atoms with Crippen LogP contribution in [0.3, 0.4) is 0 Å². The van der Waals surface area contributed by atoms with Gasteiger partial charge in [0.2, 0.25) is 0 Å². The first-order valence-electron chi connectivity index (χ1n) is 6.01. The highest BCUT2D eigenvalue weighted by Gasteiger charge is 2.67. The van der Waals surface area contributed by atoms with Crippen LogP contribution in [0.15, 0.2) is 0 Å². The van der Waals surface area contributed by atoms with Crippen LogP contribution in [-0.2, 0) is 9.59 Å². The molecule has 0 amide bonds. The molecule has 0 spiro atoms. The van der Waals surface area contributed by atoms with Gasteiger partial charge in [-0.3, -0.25) is 14.6 Å². The second-order valence-corrected chi connectivity index (χ2v) is 6.49. The van der Waals surface area contributed by atoms with E-state index in [-0.39, 0.29) is 10.8 Å². The van der Waals surface area contributed by atoms with Crippen molar-refractivity contribution < 1.29 is 14.7 Å². The minimum Gasteiger partial charge on any atom is -0.479 e. The van der Waals surface area contributed by atoms with Gasteiger partial charge in [0, 0.05) is 26.2 Å². The number of carbonyl (C=O) groups is 2. The number of carbonyl (C=O) groups excluding carboxylic acids is 1. The fourth-order valence-corrected chi connectivity index (χ4v) is 4.00. The summed E-state index contributed by atoms with van der Waals surface area (Å²) in [6.07, 6.45) is 0. The zero-order chi connectivity index (χ0) is 12.6. The van der Waals surface area contributed by atoms with Crippen LogP contribution in [0, 0.1) is 10.8 Å². The molecule has 0 unspecified atom stereocenters. The summed E-state index contributed by atoms with van der Waals surface area (Å²) >= 11 is 0. The predicted molar refractivity (Wildman–Crippen MR) is 60.4 cm³/mol. The Balaban J connectivity index is 2.10. The van der Waals surface area contributed by atoms with Crippen molar-refractivity contribution in [3.8, 4) is 0 Å². The average molecular weight is 238 g/mol. The van der Waals surface area contributed by atoms with Gasteiger partial charge < -0.3 is 5.11 Å². The molecule has 4 rings (SSSR count). The first-order valence-corrected chi connectivity index (χ1v) is 6.01. The largest absolute Gasteiger partial charge is 0.479 e. The molecule has 0 aliphatic carbocycles. The van der Waals surface area contributed by atoms with E-state index in [0.717, 1.165) is 0 Å². The second kappa shape index (κ2) is 2.72. The molecule has 4 aliphatic heterocycles. The van der Waals surface area contributed by atoms with E-state index < -0.39 is 11.6 Å². The zero-order valence-corrected chi connectivity index (χ0v) is 10.5. The SMILES string of the molecule is CC12CN3CC(C)(CN(C1)C3(C)C(=O)O)C2=O. The highest BCUT2D eigenvalue weighted by atomic mass is 16.4. The number of hydrogen-bond acceptors (Lipinski definition) is 4. The molecule has 4 fully saturated rings. The average Bonchev–Trinajstić information content (AvgIpc) is 2.19. The van der Waals surface area contributed by atoms with Gasteiger partial charge in [0.15, 0.2) is 5.66 Å². The second-order valence-electron chi connectivity index (χ2n) is 6.49. The molecule has 0 saturated carbocycles. The summed E-state index contributed by atoms with van der Waals surface area (Å²) in [6.45, 7) is 7.97. The van der Waals surface area contributed by atoms with Crippen LogP contribution in [0.5, 0.6) is 0 Å². The number of ketones is 1. The van der Waals surface area contributed by atoms with Crippen LogP contribution in [-0.4, -0.2) is 58.5 Å². The normalized spacial score (nSPS) is 56.3. The molecule has 5 heteroatoms. The molecular formula is C12H18N2O3. The van der Waals surface area contributed by atoms with E-state index in [1.54, 1.807) is 6.92 Å². The number of aliphatic carboxylic acids is 1. The minimum atomic E-state index is -0.931. The molecule has 4 heterocycles. The lowest BCUT2D eigenvalue weighted by Crippen LogP contribution is -2.84. The molecule has 4 aliphatic rings. The Morgan fingerprint density at radius 1 is 1.06 bits per heavy atom. The van der Waals surface area contributed by atoms with Gasteiger partial charge in [-0.2, -0.15) is 0 Å². The maximum atomic E-state index is 12.4. The van der Waals surface area contributed by atoms with Gasteiger partial charge in [0.1, 0.15) is 5.78 Å². The first kappa shape index (κ1) is 11.2. The molecular weight excluding hydrogens is 220 g/mol. The van der Waals surface area contributed by atoms with E-state index in [4.69, 9.17) is 0 Å². The highest BCUT2D eigenvalue weighted by molar-refractivity contribution is 5.94. The molecule has 4 saturated heterocycles. The van der Waals surface area contributed by atoms with Crippen molar-refractivity contribution in [3.05, 3.63) is 0 Å². The Hall–Kier alpha value is -0.940. The number of rotatable bonds is 1. The summed E-state index contributed by atoms with van der Waals surface area (Å²) in [6, 6.07) is 0. The predicted octanol–water partition coefficient (Wildman–Crippen LogP) is 0.0137. The number of hydrogen-bond donors (Lipinski definition) is 1. The smallest absolute Gasteiger partial charge is 0.339 e. The maximum Gasteiger partial charge on any atom is 0.339 e. The quantitative estimate of drug-likeness (QED) is 0.697. The zero-order valence-electron chi connectivity index (χ0n) is 10.5. The lowest BCUT2D eigenvalue weighted by Gasteiger charge is -2.67. The molecule has 0 aromatic carbocycles. The number of nitrogens with zero attached hydrogens (tertiary/aromatic N) is 2. The van der Waals surface area contributed by atoms with E-state index in [1.165, 1.54) is 0 Å². The summed E-state index contributed by atoms with van der Waals surface area (Å²) in [5.41, 5.74) is -1.71. The fraction of sp³-hybridized carbons (Fsp3) is 0.833. The van der Waals surface area contributed by atoms with Crippen LogP contribution < -0.4 is 0 Å². The summed E-state index contributed by atoms with van der Waals surface area (Å²) in [5.74, 6) is -0.499. The summed E-state index contributed by atoms with van der Waals surface area (Å²) in [7, 11) is 0. The number of Topliss-reactive ketones (excluding diaryl/α,β-unsaturated/α-hetero) is 1. The van der Waals surface area contributed by atoms with Crippen LogP contribution in [0.2, 0.25) is 0 Å². The van der Waals surface area contributed by atoms with Crippen molar-refractivity contribution in [2.45, 2.75) is 26.4 Å². The summed E-state index contributed by atoms with van der Waals surface area (Å²) in [4.78, 5) is 27.9. The molecule has 17 heavy (non-hydrogen) atoms. The molecule has 0 atom stereocenters. The molecule has 0 aromatic heterocycles. The van der Waals surface area contributed by atoms with Crippen molar-refractivity contribution in [2.24, 2.45) is 10.8 Å². The van der Waals surface area contributed by atoms with Gasteiger partial charge in [0.05, 0.1) is 10.8 Å². The van der Waals surface area contributed by atoms with Gasteiger partial charge in [-0.25, -0.2) is 4.79 Å². The molecule has 5 nitrogen and oxygen atoms in total. The number of piperidine rings is 2. The lowest BCUT2D eigenvalue weighted by atomic mass is 9.60. The molecule has 0 aromatic rings. The first-order chi connectivity index (χ1) is 7.72. The van der Waals surface area contributed by atoms with Crippen molar-refractivity contribution in [1.82, 2.24) is 9.80 Å². The third-order valence-electron chi connectivity index (χ3n) is 4.89. The maximum absolute atomic E-state index is 12.4. The van der Waals surface area contributed by atoms with Crippen molar-refractivity contribution >= 4 is 11.8 Å². The Morgan fingerprint density at radius 2 is 1.41 bits per heavy atom. The van der Waals surface area contributed by atoms with Gasteiger partial charge in [0.25, 0.3) is 0 Å². The van der Waals surface area contributed by atoms with Gasteiger partial charge in [-0.1, -0.05) is 13.8 Å². The Bertz CT molecular complexity index is 391. The van der Waals surface area contributed by atoms with Crippen molar-refractivity contribution in [2.75, 3.05) is 26.2 Å². The third kappa shape index (κ3) is 1.07. The van der Waals surface area contributed by atoms with Crippen molar-refractivity contribution in [1.29, 1.82) is 0 Å². The van der Waals surface area contributed by atoms with Gasteiger partial charge in [-0.15, -0.1) is 0 Å². The lowest BCUT2D eigenvalue weighted by molar-refractivity contribution is -0.230. The molecule has 4 bridgehead atoms. The van der Waals surface area contributed by atoms with Crippen LogP contribution in [0.25, 0.3) is 0 Å². The Morgan fingerprint density at radius 3 is 1.71 bits per heavy atom. The van der Waals surface area contributed by atoms with Crippen LogP contribution >= 0.6 is 0 Å². The van der Waals surface area contributed by atoms with Gasteiger partial charge in [-0.05, 0) is 6.92 Å². The number of carboxylic acid groups (broad SMARTS) is 1. The standard InChI is InChI=1S/C12H18N2O3/c1-10-4-13-6-11(2,8(10)15)7-14(5-10)12(13,3)9(16)17/h4-7H2,1-3H3,(H,16,17). The van der Waals surface area contributed by atoms with E-state index in [1.807, 2.05) is 23.6 Å². The minimum absolute atomic E-state index is 0.310. The molecule has 1 N–H and O–H groups in total. The van der Waals surface area contributed by atoms with E-state index in [2.05, 4.69) is 0 Å². The monoisotopic (exact) mass is 238 g/mol. The highest BCUT2D eigenvalue weighted by Crippen LogP contribution is 2.51. The molecule has 0 radical (unpaired) electrons. The van der Waals surface area contributed by atoms with E-state index >= 15 is 0 Å². The third-order valence-corrected chi connectivity index (χ3v) is 4.89. The van der Waals surface area contributed by atoms with Crippen molar-refractivity contribution in [3.63, 3.8) is 0 Å². The molecule has 94 valence electrons. The fourth-order valence-electron chi connectivity index (χ4n) is 4.00. The Kier molecular flexibility index (Phi) is 1.79. The van der Waals surface area contributed by atoms with E-state index in [9.17, 15) is 14.7 Å². The van der Waals surface area contributed by atoms with Crippen LogP contribution in [0.1, 0.15) is 20.8 Å². The summed E-state index contributed by atoms with van der Waals surface area (Å²) < 4.78 is 0. The van der Waals surface area contributed by atoms with E-state index in [0.29, 0.717) is 32.0 Å². The summed E-state index contributed by atoms with van der Waals surface area (Å²) in [5, 5.41) is 9.47. The Labute approximate surface area is 100 Å². The number of carboxylic acids is 1. The topological polar surface area (TPSA) is 60.9 Å².